The van der Waals surface area contributed by atoms with Gasteiger partial charge in [-0.3, -0.25) is 0 Å². The van der Waals surface area contributed by atoms with Crippen LogP contribution in [0.4, 0.5) is 0 Å². The van der Waals surface area contributed by atoms with Crippen molar-refractivity contribution in [3.8, 4) is 5.75 Å². The van der Waals surface area contributed by atoms with Gasteiger partial charge in [0.1, 0.15) is 12.4 Å². The van der Waals surface area contributed by atoms with E-state index in [2.05, 4.69) is 54.6 Å². The van der Waals surface area contributed by atoms with Gasteiger partial charge in [-0.1, -0.05) is 48.5 Å². The maximum Gasteiger partial charge on any atom is 0.120 e. The second-order valence-electron chi connectivity index (χ2n) is 5.03. The largest absolute Gasteiger partial charge is 0.489 e. The molecule has 0 radical (unpaired) electrons. The highest BCUT2D eigenvalue weighted by atomic mass is 32.1. The molecule has 3 aromatic carbocycles. The van der Waals surface area contributed by atoms with Gasteiger partial charge in [0.2, 0.25) is 0 Å². The van der Waals surface area contributed by atoms with Crippen molar-refractivity contribution in [2.75, 3.05) is 0 Å². The summed E-state index contributed by atoms with van der Waals surface area (Å²) in [4.78, 5) is 0. The molecule has 1 heterocycles. The molecule has 0 spiro atoms. The fourth-order valence-corrected chi connectivity index (χ4v) is 3.62. The van der Waals surface area contributed by atoms with Crippen molar-refractivity contribution in [1.82, 2.24) is 0 Å². The lowest BCUT2D eigenvalue weighted by molar-refractivity contribution is 0.306. The van der Waals surface area contributed by atoms with Crippen LogP contribution in [0.25, 0.3) is 20.2 Å². The molecule has 0 atom stereocenters. The molecule has 0 amide bonds. The van der Waals surface area contributed by atoms with Crippen molar-refractivity contribution in [3.63, 3.8) is 0 Å². The maximum atomic E-state index is 5.92. The van der Waals surface area contributed by atoms with E-state index in [1.54, 1.807) is 0 Å². The molecule has 1 aromatic heterocycles. The van der Waals surface area contributed by atoms with Gasteiger partial charge < -0.3 is 4.74 Å². The van der Waals surface area contributed by atoms with Crippen LogP contribution in [0.5, 0.6) is 5.75 Å². The minimum atomic E-state index is 0.606. The van der Waals surface area contributed by atoms with Gasteiger partial charge in [0.15, 0.2) is 0 Å². The van der Waals surface area contributed by atoms with E-state index in [-0.39, 0.29) is 0 Å². The van der Waals surface area contributed by atoms with Crippen LogP contribution >= 0.6 is 11.3 Å². The van der Waals surface area contributed by atoms with Crippen LogP contribution in [0.3, 0.4) is 0 Å². The summed E-state index contributed by atoms with van der Waals surface area (Å²) >= 11 is 1.83. The van der Waals surface area contributed by atoms with Crippen molar-refractivity contribution in [2.24, 2.45) is 0 Å². The second-order valence-corrected chi connectivity index (χ2v) is 6.11. The van der Waals surface area contributed by atoms with Crippen molar-refractivity contribution in [3.05, 3.63) is 78.4 Å². The van der Waals surface area contributed by atoms with Gasteiger partial charge in [0.25, 0.3) is 0 Å². The van der Waals surface area contributed by atoms with E-state index in [9.17, 15) is 0 Å². The predicted molar refractivity (Wildman–Crippen MR) is 90.1 cm³/mol. The lowest BCUT2D eigenvalue weighted by Gasteiger charge is -2.06. The summed E-state index contributed by atoms with van der Waals surface area (Å²) in [6.07, 6.45) is 0. The molecule has 0 aliphatic rings. The average Bonchev–Trinajstić information content (AvgIpc) is 2.92. The Morgan fingerprint density at radius 2 is 1.48 bits per heavy atom. The molecule has 102 valence electrons. The summed E-state index contributed by atoms with van der Waals surface area (Å²) in [7, 11) is 0. The minimum Gasteiger partial charge on any atom is -0.489 e. The molecule has 1 nitrogen and oxygen atoms in total. The molecule has 0 N–H and O–H groups in total. The van der Waals surface area contributed by atoms with Crippen molar-refractivity contribution in [2.45, 2.75) is 6.61 Å². The van der Waals surface area contributed by atoms with Crippen LogP contribution < -0.4 is 4.74 Å². The topological polar surface area (TPSA) is 9.23 Å². The van der Waals surface area contributed by atoms with Gasteiger partial charge in [-0.05, 0) is 29.8 Å². The molecule has 4 rings (SSSR count). The van der Waals surface area contributed by atoms with Crippen LogP contribution in [-0.4, -0.2) is 0 Å². The predicted octanol–water partition coefficient (Wildman–Crippen LogP) is 5.63. The Morgan fingerprint density at radius 3 is 2.38 bits per heavy atom. The Labute approximate surface area is 127 Å². The van der Waals surface area contributed by atoms with Crippen LogP contribution in [0.1, 0.15) is 5.56 Å². The number of rotatable bonds is 3. The molecule has 0 aliphatic carbocycles. The Morgan fingerprint density at radius 1 is 0.714 bits per heavy atom. The lowest BCUT2D eigenvalue weighted by Crippen LogP contribution is -1.94. The molecule has 0 unspecified atom stereocenters. The molecule has 0 saturated heterocycles. The number of thiophene rings is 1. The Hall–Kier alpha value is -2.32. The van der Waals surface area contributed by atoms with E-state index in [0.29, 0.717) is 6.61 Å². The fraction of sp³-hybridized carbons (Fsp3) is 0.0526. The quantitative estimate of drug-likeness (QED) is 0.475. The van der Waals surface area contributed by atoms with Gasteiger partial charge in [-0.2, -0.15) is 0 Å². The van der Waals surface area contributed by atoms with Gasteiger partial charge in [-0.15, -0.1) is 11.3 Å². The van der Waals surface area contributed by atoms with Crippen LogP contribution in [-0.2, 0) is 6.61 Å². The third kappa shape index (κ3) is 2.39. The Bertz CT molecular complexity index is 893. The molecular weight excluding hydrogens is 276 g/mol. The van der Waals surface area contributed by atoms with E-state index in [4.69, 9.17) is 4.74 Å². The maximum absolute atomic E-state index is 5.92. The first-order chi connectivity index (χ1) is 10.4. The highest BCUT2D eigenvalue weighted by Gasteiger charge is 2.05. The summed E-state index contributed by atoms with van der Waals surface area (Å²) in [5.41, 5.74) is 1.19. The number of fused-ring (bicyclic) bond motifs is 3. The normalized spacial score (nSPS) is 11.0. The van der Waals surface area contributed by atoms with Gasteiger partial charge in [-0.25, -0.2) is 0 Å². The number of ether oxygens (including phenoxy) is 1. The highest BCUT2D eigenvalue weighted by Crippen LogP contribution is 2.35. The minimum absolute atomic E-state index is 0.606. The van der Waals surface area contributed by atoms with Gasteiger partial charge in [0, 0.05) is 20.2 Å². The van der Waals surface area contributed by atoms with E-state index in [1.807, 2.05) is 29.5 Å². The smallest absolute Gasteiger partial charge is 0.120 e. The van der Waals surface area contributed by atoms with E-state index in [0.717, 1.165) is 5.75 Å². The molecule has 21 heavy (non-hydrogen) atoms. The van der Waals surface area contributed by atoms with E-state index >= 15 is 0 Å². The fourth-order valence-electron chi connectivity index (χ4n) is 2.54. The monoisotopic (exact) mass is 290 g/mol. The van der Waals surface area contributed by atoms with Crippen LogP contribution in [0.15, 0.2) is 72.8 Å². The first kappa shape index (κ1) is 12.4. The first-order valence-corrected chi connectivity index (χ1v) is 7.80. The third-order valence-electron chi connectivity index (χ3n) is 3.60. The summed E-state index contributed by atoms with van der Waals surface area (Å²) < 4.78 is 8.56. The number of benzene rings is 3. The van der Waals surface area contributed by atoms with Crippen molar-refractivity contribution < 1.29 is 4.74 Å². The van der Waals surface area contributed by atoms with Crippen molar-refractivity contribution in [1.29, 1.82) is 0 Å². The van der Waals surface area contributed by atoms with Crippen LogP contribution in [0.2, 0.25) is 0 Å². The molecule has 0 bridgehead atoms. The van der Waals surface area contributed by atoms with E-state index < -0.39 is 0 Å². The summed E-state index contributed by atoms with van der Waals surface area (Å²) in [5.74, 6) is 0.926. The zero-order valence-corrected chi connectivity index (χ0v) is 12.3. The molecule has 4 aromatic rings. The van der Waals surface area contributed by atoms with Crippen LogP contribution in [0, 0.1) is 0 Å². The highest BCUT2D eigenvalue weighted by molar-refractivity contribution is 7.25. The van der Waals surface area contributed by atoms with E-state index in [1.165, 1.54) is 25.7 Å². The van der Waals surface area contributed by atoms with Crippen molar-refractivity contribution >= 4 is 31.5 Å². The SMILES string of the molecule is c1ccc(COc2ccc3sc4ccccc4c3c2)cc1. The Kier molecular flexibility index (Phi) is 3.09. The van der Waals surface area contributed by atoms with Gasteiger partial charge in [0.05, 0.1) is 0 Å². The Balaban J connectivity index is 1.68. The summed E-state index contributed by atoms with van der Waals surface area (Å²) in [6, 6.07) is 25.1. The molecule has 0 saturated carbocycles. The standard InChI is InChI=1S/C19H14OS/c1-2-6-14(7-3-1)13-20-15-10-11-19-17(12-15)16-8-4-5-9-18(16)21-19/h1-12H,13H2. The third-order valence-corrected chi connectivity index (χ3v) is 4.75. The number of hydrogen-bond acceptors (Lipinski definition) is 2. The number of hydrogen-bond donors (Lipinski definition) is 0. The molecule has 0 fully saturated rings. The summed E-state index contributed by atoms with van der Waals surface area (Å²) in [5, 5.41) is 2.59. The van der Waals surface area contributed by atoms with Gasteiger partial charge >= 0.3 is 0 Å². The average molecular weight is 290 g/mol. The lowest BCUT2D eigenvalue weighted by atomic mass is 10.1. The zero-order chi connectivity index (χ0) is 14.1. The molecular formula is C19H14OS. The summed E-state index contributed by atoms with van der Waals surface area (Å²) in [6.45, 7) is 0.606. The molecule has 0 aliphatic heterocycles. The second kappa shape index (κ2) is 5.23. The first-order valence-electron chi connectivity index (χ1n) is 6.98. The zero-order valence-electron chi connectivity index (χ0n) is 11.5. The molecule has 2 heteroatoms.